The Morgan fingerprint density at radius 2 is 1.53 bits per heavy atom. The minimum absolute atomic E-state index is 0.314. The summed E-state index contributed by atoms with van der Waals surface area (Å²) >= 11 is 0. The van der Waals surface area contributed by atoms with E-state index >= 15 is 0 Å². The number of nitrogens with one attached hydrogen (secondary N) is 1. The van der Waals surface area contributed by atoms with Gasteiger partial charge in [0, 0.05) is 29.9 Å². The first-order valence-corrected chi connectivity index (χ1v) is 10.4. The molecule has 4 aromatic rings. The van der Waals surface area contributed by atoms with Gasteiger partial charge in [-0.1, -0.05) is 48.5 Å². The fourth-order valence-electron chi connectivity index (χ4n) is 3.79. The number of benzene rings is 3. The van der Waals surface area contributed by atoms with E-state index in [1.807, 2.05) is 60.7 Å². The first-order valence-electron chi connectivity index (χ1n) is 10.4. The van der Waals surface area contributed by atoms with Crippen molar-refractivity contribution in [3.63, 3.8) is 0 Å². The molecule has 4 rings (SSSR count). The van der Waals surface area contributed by atoms with Gasteiger partial charge in [0.25, 0.3) is 0 Å². The molecule has 0 aliphatic carbocycles. The molecule has 0 spiro atoms. The van der Waals surface area contributed by atoms with Crippen LogP contribution in [0.1, 0.15) is 31.0 Å². The summed E-state index contributed by atoms with van der Waals surface area (Å²) in [5, 5.41) is 4.45. The number of fused-ring (bicyclic) bond motifs is 1. The van der Waals surface area contributed by atoms with E-state index < -0.39 is 0 Å². The summed E-state index contributed by atoms with van der Waals surface area (Å²) in [5.74, 6) is 0. The number of nitrogens with zero attached hydrogens (tertiary/aromatic N) is 1. The molecule has 0 aliphatic heterocycles. The highest BCUT2D eigenvalue weighted by molar-refractivity contribution is 5.77. The van der Waals surface area contributed by atoms with Gasteiger partial charge >= 0.3 is 5.63 Å². The minimum atomic E-state index is -0.324. The van der Waals surface area contributed by atoms with Gasteiger partial charge in [0.05, 0.1) is 11.6 Å². The topological polar surface area (TPSA) is 45.5 Å². The van der Waals surface area contributed by atoms with Crippen molar-refractivity contribution >= 4 is 22.3 Å². The zero-order valence-corrected chi connectivity index (χ0v) is 17.3. The van der Waals surface area contributed by atoms with Crippen molar-refractivity contribution in [1.82, 2.24) is 0 Å². The quantitative estimate of drug-likeness (QED) is 0.397. The van der Waals surface area contributed by atoms with Crippen molar-refractivity contribution in [2.45, 2.75) is 19.9 Å². The summed E-state index contributed by atoms with van der Waals surface area (Å²) in [7, 11) is 0. The van der Waals surface area contributed by atoms with Crippen LogP contribution in [0, 0.1) is 0 Å². The second-order valence-electron chi connectivity index (χ2n) is 7.23. The lowest BCUT2D eigenvalue weighted by Crippen LogP contribution is -2.22. The van der Waals surface area contributed by atoms with Gasteiger partial charge < -0.3 is 14.6 Å². The molecule has 0 amide bonds. The van der Waals surface area contributed by atoms with Gasteiger partial charge in [0.1, 0.15) is 5.58 Å². The fourth-order valence-corrected chi connectivity index (χ4v) is 3.79. The van der Waals surface area contributed by atoms with Crippen LogP contribution in [-0.4, -0.2) is 13.1 Å². The number of rotatable bonds is 7. The van der Waals surface area contributed by atoms with E-state index in [9.17, 15) is 4.79 Å². The third-order valence-corrected chi connectivity index (χ3v) is 5.42. The molecule has 4 heteroatoms. The largest absolute Gasteiger partial charge is 0.422 e. The molecule has 30 heavy (non-hydrogen) atoms. The van der Waals surface area contributed by atoms with Crippen LogP contribution in [0.5, 0.6) is 0 Å². The number of hydrogen-bond acceptors (Lipinski definition) is 4. The van der Waals surface area contributed by atoms with Gasteiger partial charge in [-0.25, -0.2) is 4.79 Å². The monoisotopic (exact) mass is 398 g/mol. The van der Waals surface area contributed by atoms with Crippen LogP contribution in [0.15, 0.2) is 94.1 Å². The molecule has 1 heterocycles. The summed E-state index contributed by atoms with van der Waals surface area (Å²) in [6.07, 6.45) is 0. The predicted molar refractivity (Wildman–Crippen MR) is 124 cm³/mol. The molecular weight excluding hydrogens is 372 g/mol. The second kappa shape index (κ2) is 8.87. The van der Waals surface area contributed by atoms with Crippen LogP contribution in [0.4, 0.5) is 11.4 Å². The van der Waals surface area contributed by atoms with E-state index in [1.54, 1.807) is 0 Å². The third-order valence-electron chi connectivity index (χ3n) is 5.42. The Morgan fingerprint density at radius 3 is 2.23 bits per heavy atom. The molecule has 0 saturated carbocycles. The van der Waals surface area contributed by atoms with Crippen LogP contribution in [0.3, 0.4) is 0 Å². The lowest BCUT2D eigenvalue weighted by molar-refractivity contribution is 0.547. The van der Waals surface area contributed by atoms with Crippen LogP contribution >= 0.6 is 0 Å². The zero-order chi connectivity index (χ0) is 20.9. The molecule has 1 atom stereocenters. The normalized spacial score (nSPS) is 11.9. The van der Waals surface area contributed by atoms with Gasteiger partial charge in [-0.05, 0) is 55.8 Å². The van der Waals surface area contributed by atoms with Crippen LogP contribution < -0.4 is 15.8 Å². The van der Waals surface area contributed by atoms with Crippen molar-refractivity contribution in [2.24, 2.45) is 0 Å². The Balaban J connectivity index is 1.73. The first kappa shape index (κ1) is 19.8. The molecule has 152 valence electrons. The van der Waals surface area contributed by atoms with E-state index in [2.05, 4.69) is 48.3 Å². The van der Waals surface area contributed by atoms with Crippen molar-refractivity contribution in [3.8, 4) is 0 Å². The number of anilines is 2. The SMILES string of the molecule is CCN(CC)c1ccc(NC(c2ccccc2)c2cc3ccccc3oc2=O)cc1. The minimum Gasteiger partial charge on any atom is -0.422 e. The van der Waals surface area contributed by atoms with Crippen molar-refractivity contribution in [3.05, 3.63) is 106 Å². The molecular formula is C26H26N2O2. The maximum atomic E-state index is 12.8. The predicted octanol–water partition coefficient (Wildman–Crippen LogP) is 5.84. The maximum Gasteiger partial charge on any atom is 0.341 e. The highest BCUT2D eigenvalue weighted by Gasteiger charge is 2.19. The average molecular weight is 399 g/mol. The summed E-state index contributed by atoms with van der Waals surface area (Å²) in [5.41, 5.74) is 4.01. The van der Waals surface area contributed by atoms with E-state index in [0.29, 0.717) is 11.1 Å². The van der Waals surface area contributed by atoms with Gasteiger partial charge in [-0.2, -0.15) is 0 Å². The first-order chi connectivity index (χ1) is 14.7. The van der Waals surface area contributed by atoms with Crippen LogP contribution in [0.2, 0.25) is 0 Å². The van der Waals surface area contributed by atoms with Gasteiger partial charge in [-0.3, -0.25) is 0 Å². The smallest absolute Gasteiger partial charge is 0.341 e. The van der Waals surface area contributed by atoms with Crippen LogP contribution in [0.25, 0.3) is 11.0 Å². The molecule has 0 aliphatic rings. The average Bonchev–Trinajstić information content (AvgIpc) is 2.79. The molecule has 3 aromatic carbocycles. The highest BCUT2D eigenvalue weighted by atomic mass is 16.4. The van der Waals surface area contributed by atoms with Crippen molar-refractivity contribution in [1.29, 1.82) is 0 Å². The molecule has 1 aromatic heterocycles. The number of para-hydroxylation sites is 1. The van der Waals surface area contributed by atoms with Gasteiger partial charge in [0.2, 0.25) is 0 Å². The molecule has 0 fully saturated rings. The van der Waals surface area contributed by atoms with Crippen molar-refractivity contribution in [2.75, 3.05) is 23.3 Å². The summed E-state index contributed by atoms with van der Waals surface area (Å²) in [6, 6.07) is 27.5. The molecule has 0 radical (unpaired) electrons. The highest BCUT2D eigenvalue weighted by Crippen LogP contribution is 2.28. The molecule has 1 N–H and O–H groups in total. The Bertz CT molecular complexity index is 1160. The Labute approximate surface area is 176 Å². The van der Waals surface area contributed by atoms with Gasteiger partial charge in [0.15, 0.2) is 0 Å². The second-order valence-corrected chi connectivity index (χ2v) is 7.23. The third kappa shape index (κ3) is 4.08. The van der Waals surface area contributed by atoms with E-state index in [4.69, 9.17) is 4.42 Å². The Hall–Kier alpha value is -3.53. The maximum absolute atomic E-state index is 12.8. The van der Waals surface area contributed by atoms with Crippen LogP contribution in [-0.2, 0) is 0 Å². The standard InChI is InChI=1S/C26H26N2O2/c1-3-28(4-2)22-16-14-21(15-17-22)27-25(19-10-6-5-7-11-19)23-18-20-12-8-9-13-24(20)30-26(23)29/h5-18,25,27H,3-4H2,1-2H3. The van der Waals surface area contributed by atoms with Crippen molar-refractivity contribution < 1.29 is 4.42 Å². The Kier molecular flexibility index (Phi) is 5.84. The molecule has 4 nitrogen and oxygen atoms in total. The number of hydrogen-bond donors (Lipinski definition) is 1. The van der Waals surface area contributed by atoms with Gasteiger partial charge in [-0.15, -0.1) is 0 Å². The zero-order valence-electron chi connectivity index (χ0n) is 17.3. The molecule has 0 bridgehead atoms. The lowest BCUT2D eigenvalue weighted by Gasteiger charge is -2.23. The van der Waals surface area contributed by atoms with E-state index in [-0.39, 0.29) is 11.7 Å². The summed E-state index contributed by atoms with van der Waals surface area (Å²) in [6.45, 7) is 6.24. The summed E-state index contributed by atoms with van der Waals surface area (Å²) < 4.78 is 5.61. The summed E-state index contributed by atoms with van der Waals surface area (Å²) in [4.78, 5) is 15.1. The fraction of sp³-hybridized carbons (Fsp3) is 0.192. The lowest BCUT2D eigenvalue weighted by atomic mass is 9.98. The Morgan fingerprint density at radius 1 is 0.867 bits per heavy atom. The van der Waals surface area contributed by atoms with E-state index in [1.165, 1.54) is 5.69 Å². The molecule has 0 saturated heterocycles. The van der Waals surface area contributed by atoms with E-state index in [0.717, 1.165) is 29.7 Å². The molecule has 1 unspecified atom stereocenters.